The Balaban J connectivity index is 1.64. The Labute approximate surface area is 169 Å². The summed E-state index contributed by atoms with van der Waals surface area (Å²) in [4.78, 5) is 14.3. The number of nitrogens with zero attached hydrogens (tertiary/aromatic N) is 5. The van der Waals surface area contributed by atoms with Crippen molar-refractivity contribution < 1.29 is 19.0 Å². The van der Waals surface area contributed by atoms with Crippen LogP contribution >= 0.6 is 0 Å². The fourth-order valence-corrected chi connectivity index (χ4v) is 2.84. The molecular weight excluding hydrogens is 374 g/mol. The molecule has 9 nitrogen and oxygen atoms in total. The molecule has 2 heterocycles. The molecule has 0 bridgehead atoms. The lowest BCUT2D eigenvalue weighted by atomic mass is 10.3. The minimum absolute atomic E-state index is 0.108. The molecular formula is C20H25N5O4. The quantitative estimate of drug-likeness (QED) is 0.550. The predicted molar refractivity (Wildman–Crippen MR) is 106 cm³/mol. The van der Waals surface area contributed by atoms with Crippen molar-refractivity contribution in [1.82, 2.24) is 24.5 Å². The van der Waals surface area contributed by atoms with E-state index in [0.717, 1.165) is 12.1 Å². The predicted octanol–water partition coefficient (Wildman–Crippen LogP) is 2.43. The third-order valence-electron chi connectivity index (χ3n) is 4.36. The molecule has 0 radical (unpaired) electrons. The van der Waals surface area contributed by atoms with Gasteiger partial charge < -0.3 is 19.1 Å². The monoisotopic (exact) mass is 399 g/mol. The molecule has 0 saturated heterocycles. The first-order chi connectivity index (χ1) is 14.0. The fourth-order valence-electron chi connectivity index (χ4n) is 2.84. The molecule has 154 valence electrons. The maximum absolute atomic E-state index is 12.7. The van der Waals surface area contributed by atoms with Gasteiger partial charge in [-0.25, -0.2) is 4.68 Å². The van der Waals surface area contributed by atoms with Crippen molar-refractivity contribution in [2.75, 3.05) is 21.3 Å². The first-order valence-corrected chi connectivity index (χ1v) is 9.19. The first kappa shape index (κ1) is 20.2. The molecule has 0 fully saturated rings. The molecule has 3 rings (SSSR count). The van der Waals surface area contributed by atoms with Crippen LogP contribution in [0.25, 0.3) is 0 Å². The van der Waals surface area contributed by atoms with Gasteiger partial charge in [0.25, 0.3) is 5.91 Å². The van der Waals surface area contributed by atoms with E-state index in [2.05, 4.69) is 10.2 Å². The number of benzene rings is 1. The second-order valence-electron chi connectivity index (χ2n) is 6.37. The van der Waals surface area contributed by atoms with Crippen LogP contribution in [0.4, 0.5) is 0 Å². The molecule has 0 aliphatic carbocycles. The van der Waals surface area contributed by atoms with Gasteiger partial charge in [0.05, 0.1) is 20.4 Å². The average Bonchev–Trinajstić information content (AvgIpc) is 3.40. The number of aromatic nitrogens is 4. The Morgan fingerprint density at radius 1 is 1.14 bits per heavy atom. The van der Waals surface area contributed by atoms with Gasteiger partial charge in [-0.15, -0.1) is 0 Å². The van der Waals surface area contributed by atoms with E-state index >= 15 is 0 Å². The van der Waals surface area contributed by atoms with Crippen LogP contribution in [-0.2, 0) is 19.8 Å². The molecule has 0 unspecified atom stereocenters. The van der Waals surface area contributed by atoms with Crippen molar-refractivity contribution in [2.24, 2.45) is 0 Å². The summed E-state index contributed by atoms with van der Waals surface area (Å²) in [6.07, 6.45) is 5.38. The van der Waals surface area contributed by atoms with Gasteiger partial charge in [0.2, 0.25) is 5.75 Å². The molecule has 2 aromatic heterocycles. The Hall–Kier alpha value is -3.49. The molecule has 3 aromatic rings. The molecule has 29 heavy (non-hydrogen) atoms. The summed E-state index contributed by atoms with van der Waals surface area (Å²) in [6.45, 7) is 3.37. The Morgan fingerprint density at radius 3 is 2.48 bits per heavy atom. The minimum Gasteiger partial charge on any atom is -0.493 e. The number of carbonyl (C=O) groups is 1. The summed E-state index contributed by atoms with van der Waals surface area (Å²) in [5.74, 6) is 1.41. The van der Waals surface area contributed by atoms with Gasteiger partial charge in [-0.1, -0.05) is 6.07 Å². The Morgan fingerprint density at radius 2 is 1.86 bits per heavy atom. The lowest BCUT2D eigenvalue weighted by molar-refractivity contribution is 0.0777. The van der Waals surface area contributed by atoms with Gasteiger partial charge in [-0.05, 0) is 25.1 Å². The van der Waals surface area contributed by atoms with Gasteiger partial charge in [-0.2, -0.15) is 10.2 Å². The van der Waals surface area contributed by atoms with Crippen LogP contribution < -0.4 is 14.2 Å². The molecule has 0 N–H and O–H groups in total. The second kappa shape index (κ2) is 9.13. The van der Waals surface area contributed by atoms with Crippen molar-refractivity contribution in [3.05, 3.63) is 54.1 Å². The average molecular weight is 399 g/mol. The van der Waals surface area contributed by atoms with Crippen molar-refractivity contribution in [3.8, 4) is 17.2 Å². The number of carbonyl (C=O) groups excluding carboxylic acids is 1. The zero-order valence-corrected chi connectivity index (χ0v) is 17.0. The van der Waals surface area contributed by atoms with Gasteiger partial charge in [0.15, 0.2) is 23.9 Å². The summed E-state index contributed by atoms with van der Waals surface area (Å²) < 4.78 is 19.8. The number of ether oxygens (including phenoxy) is 3. The standard InChI is InChI=1S/C20H25N5O4/c1-5-24-13-15(11-21-24)12-23(2)20(26)16-9-10-25(22-16)14-29-19-17(27-3)7-6-8-18(19)28-4/h6-11,13H,5,12,14H2,1-4H3. The first-order valence-electron chi connectivity index (χ1n) is 9.19. The second-order valence-corrected chi connectivity index (χ2v) is 6.37. The summed E-state index contributed by atoms with van der Waals surface area (Å²) in [6, 6.07) is 7.05. The van der Waals surface area contributed by atoms with E-state index in [1.54, 1.807) is 61.4 Å². The lowest BCUT2D eigenvalue weighted by Gasteiger charge is -2.15. The van der Waals surface area contributed by atoms with E-state index in [-0.39, 0.29) is 12.6 Å². The summed E-state index contributed by atoms with van der Waals surface area (Å²) in [7, 11) is 4.86. The summed E-state index contributed by atoms with van der Waals surface area (Å²) in [5, 5.41) is 8.55. The van der Waals surface area contributed by atoms with Crippen LogP contribution in [0.3, 0.4) is 0 Å². The Bertz CT molecular complexity index is 943. The van der Waals surface area contributed by atoms with Crippen molar-refractivity contribution in [1.29, 1.82) is 0 Å². The smallest absolute Gasteiger partial charge is 0.274 e. The van der Waals surface area contributed by atoms with E-state index in [1.165, 1.54) is 0 Å². The van der Waals surface area contributed by atoms with Crippen LogP contribution in [0.2, 0.25) is 0 Å². The number of hydrogen-bond donors (Lipinski definition) is 0. The largest absolute Gasteiger partial charge is 0.493 e. The van der Waals surface area contributed by atoms with Gasteiger partial charge in [-0.3, -0.25) is 9.48 Å². The number of aryl methyl sites for hydroxylation is 1. The van der Waals surface area contributed by atoms with E-state index in [4.69, 9.17) is 14.2 Å². The van der Waals surface area contributed by atoms with Gasteiger partial charge >= 0.3 is 0 Å². The van der Waals surface area contributed by atoms with E-state index < -0.39 is 0 Å². The van der Waals surface area contributed by atoms with Crippen LogP contribution in [0, 0.1) is 0 Å². The van der Waals surface area contributed by atoms with Crippen molar-refractivity contribution in [2.45, 2.75) is 26.7 Å². The highest BCUT2D eigenvalue weighted by molar-refractivity contribution is 5.91. The molecule has 0 atom stereocenters. The highest BCUT2D eigenvalue weighted by Crippen LogP contribution is 2.36. The maximum atomic E-state index is 12.7. The topological polar surface area (TPSA) is 83.6 Å². The molecule has 0 saturated carbocycles. The van der Waals surface area contributed by atoms with Gasteiger partial charge in [0, 0.05) is 38.1 Å². The number of para-hydroxylation sites is 1. The van der Waals surface area contributed by atoms with Crippen molar-refractivity contribution in [3.63, 3.8) is 0 Å². The number of amides is 1. The zero-order chi connectivity index (χ0) is 20.8. The van der Waals surface area contributed by atoms with Gasteiger partial charge in [0.1, 0.15) is 0 Å². The highest BCUT2D eigenvalue weighted by atomic mass is 16.5. The molecule has 9 heteroatoms. The summed E-state index contributed by atoms with van der Waals surface area (Å²) in [5.41, 5.74) is 1.31. The number of hydrogen-bond acceptors (Lipinski definition) is 6. The normalized spacial score (nSPS) is 10.6. The zero-order valence-electron chi connectivity index (χ0n) is 17.0. The number of methoxy groups -OCH3 is 2. The molecule has 0 aliphatic rings. The maximum Gasteiger partial charge on any atom is 0.274 e. The van der Waals surface area contributed by atoms with Crippen LogP contribution in [-0.4, -0.2) is 51.6 Å². The highest BCUT2D eigenvalue weighted by Gasteiger charge is 2.17. The minimum atomic E-state index is -0.178. The Kier molecular flexibility index (Phi) is 6.38. The molecule has 1 amide bonds. The van der Waals surface area contributed by atoms with E-state index in [1.807, 2.05) is 23.9 Å². The van der Waals surface area contributed by atoms with Crippen LogP contribution in [0.1, 0.15) is 23.0 Å². The fraction of sp³-hybridized carbons (Fsp3) is 0.350. The lowest BCUT2D eigenvalue weighted by Crippen LogP contribution is -2.26. The van der Waals surface area contributed by atoms with E-state index in [0.29, 0.717) is 29.5 Å². The van der Waals surface area contributed by atoms with Crippen molar-refractivity contribution >= 4 is 5.91 Å². The van der Waals surface area contributed by atoms with Crippen LogP contribution in [0.15, 0.2) is 42.9 Å². The summed E-state index contributed by atoms with van der Waals surface area (Å²) >= 11 is 0. The SMILES string of the molecule is CCn1cc(CN(C)C(=O)c2ccn(COc3c(OC)cccc3OC)n2)cn1. The van der Waals surface area contributed by atoms with E-state index in [9.17, 15) is 4.79 Å². The number of rotatable bonds is 9. The third-order valence-corrected chi connectivity index (χ3v) is 4.36. The third kappa shape index (κ3) is 4.68. The molecule has 0 spiro atoms. The van der Waals surface area contributed by atoms with Crippen LogP contribution in [0.5, 0.6) is 17.2 Å². The molecule has 0 aliphatic heterocycles. The molecule has 1 aromatic carbocycles.